The molecule has 2 aromatic rings. The van der Waals surface area contributed by atoms with E-state index in [1.807, 2.05) is 26.0 Å². The maximum Gasteiger partial charge on any atom is 0.131 e. The number of aryl methyl sites for hydroxylation is 1. The first-order valence-electron chi connectivity index (χ1n) is 6.92. The maximum atomic E-state index is 6.01. The minimum atomic E-state index is 0.442. The number of anilines is 1. The van der Waals surface area contributed by atoms with Crippen molar-refractivity contribution in [2.24, 2.45) is 0 Å². The first-order valence-corrected chi connectivity index (χ1v) is 6.92. The SMILES string of the molecule is Cc1cnc(COc2ccc(C(C)C)cc2)c(C)c1N. The van der Waals surface area contributed by atoms with Crippen LogP contribution in [-0.2, 0) is 6.61 Å². The summed E-state index contributed by atoms with van der Waals surface area (Å²) < 4.78 is 5.78. The number of pyridine rings is 1. The van der Waals surface area contributed by atoms with Gasteiger partial charge in [-0.3, -0.25) is 4.98 Å². The first-order chi connectivity index (χ1) is 9.49. The van der Waals surface area contributed by atoms with Gasteiger partial charge in [-0.25, -0.2) is 0 Å². The van der Waals surface area contributed by atoms with E-state index < -0.39 is 0 Å². The van der Waals surface area contributed by atoms with Crippen LogP contribution in [0.3, 0.4) is 0 Å². The molecule has 1 aromatic carbocycles. The summed E-state index contributed by atoms with van der Waals surface area (Å²) in [5.74, 6) is 1.39. The van der Waals surface area contributed by atoms with Gasteiger partial charge in [0.2, 0.25) is 0 Å². The molecule has 20 heavy (non-hydrogen) atoms. The highest BCUT2D eigenvalue weighted by molar-refractivity contribution is 5.53. The molecule has 0 bridgehead atoms. The minimum Gasteiger partial charge on any atom is -0.487 e. The van der Waals surface area contributed by atoms with Crippen molar-refractivity contribution in [3.8, 4) is 5.75 Å². The molecular weight excluding hydrogens is 248 g/mol. The van der Waals surface area contributed by atoms with Crippen LogP contribution in [0.2, 0.25) is 0 Å². The van der Waals surface area contributed by atoms with Crippen LogP contribution in [0.4, 0.5) is 5.69 Å². The number of nitrogens with two attached hydrogens (primary N) is 1. The van der Waals surface area contributed by atoms with Gasteiger partial charge in [-0.1, -0.05) is 26.0 Å². The van der Waals surface area contributed by atoms with E-state index in [1.165, 1.54) is 5.56 Å². The lowest BCUT2D eigenvalue weighted by atomic mass is 10.0. The van der Waals surface area contributed by atoms with Gasteiger partial charge in [-0.2, -0.15) is 0 Å². The highest BCUT2D eigenvalue weighted by Crippen LogP contribution is 2.21. The van der Waals surface area contributed by atoms with E-state index in [1.54, 1.807) is 6.20 Å². The van der Waals surface area contributed by atoms with Crippen molar-refractivity contribution < 1.29 is 4.74 Å². The monoisotopic (exact) mass is 270 g/mol. The average molecular weight is 270 g/mol. The van der Waals surface area contributed by atoms with Crippen molar-refractivity contribution in [1.82, 2.24) is 4.98 Å². The Labute approximate surface area is 120 Å². The Kier molecular flexibility index (Phi) is 4.28. The summed E-state index contributed by atoms with van der Waals surface area (Å²) in [6.07, 6.45) is 1.79. The maximum absolute atomic E-state index is 6.01. The van der Waals surface area contributed by atoms with E-state index in [-0.39, 0.29) is 0 Å². The number of aromatic nitrogens is 1. The Morgan fingerprint density at radius 3 is 2.40 bits per heavy atom. The van der Waals surface area contributed by atoms with E-state index in [2.05, 4.69) is 31.0 Å². The van der Waals surface area contributed by atoms with E-state index in [4.69, 9.17) is 10.5 Å². The molecule has 1 heterocycles. The van der Waals surface area contributed by atoms with Gasteiger partial charge in [0.15, 0.2) is 0 Å². The van der Waals surface area contributed by atoms with Crippen LogP contribution < -0.4 is 10.5 Å². The van der Waals surface area contributed by atoms with Crippen LogP contribution in [0.5, 0.6) is 5.75 Å². The van der Waals surface area contributed by atoms with E-state index in [0.717, 1.165) is 28.3 Å². The van der Waals surface area contributed by atoms with Gasteiger partial charge in [0.25, 0.3) is 0 Å². The molecule has 0 spiro atoms. The normalized spacial score (nSPS) is 10.8. The first kappa shape index (κ1) is 14.4. The smallest absolute Gasteiger partial charge is 0.131 e. The Hall–Kier alpha value is -2.03. The molecule has 2 rings (SSSR count). The van der Waals surface area contributed by atoms with Gasteiger partial charge < -0.3 is 10.5 Å². The molecule has 0 aliphatic heterocycles. The summed E-state index contributed by atoms with van der Waals surface area (Å²) in [7, 11) is 0. The molecule has 0 aliphatic carbocycles. The van der Waals surface area contributed by atoms with E-state index in [9.17, 15) is 0 Å². The van der Waals surface area contributed by atoms with Gasteiger partial charge in [-0.15, -0.1) is 0 Å². The molecule has 3 heteroatoms. The van der Waals surface area contributed by atoms with E-state index >= 15 is 0 Å². The molecular formula is C17H22N2O. The molecule has 2 N–H and O–H groups in total. The second-order valence-electron chi connectivity index (χ2n) is 5.44. The van der Waals surface area contributed by atoms with Crippen LogP contribution in [0.1, 0.15) is 42.1 Å². The van der Waals surface area contributed by atoms with Crippen LogP contribution in [0.25, 0.3) is 0 Å². The summed E-state index contributed by atoms with van der Waals surface area (Å²) in [6.45, 7) is 8.74. The molecule has 0 saturated carbocycles. The number of hydrogen-bond donors (Lipinski definition) is 1. The van der Waals surface area contributed by atoms with Crippen LogP contribution >= 0.6 is 0 Å². The third-order valence-electron chi connectivity index (χ3n) is 3.60. The van der Waals surface area contributed by atoms with Crippen molar-refractivity contribution in [1.29, 1.82) is 0 Å². The van der Waals surface area contributed by atoms with Crippen molar-refractivity contribution in [2.75, 3.05) is 5.73 Å². The van der Waals surface area contributed by atoms with Crippen LogP contribution in [-0.4, -0.2) is 4.98 Å². The molecule has 0 radical (unpaired) electrons. The summed E-state index contributed by atoms with van der Waals surface area (Å²) in [5, 5.41) is 0. The molecule has 0 unspecified atom stereocenters. The average Bonchev–Trinajstić information content (AvgIpc) is 2.44. The van der Waals surface area contributed by atoms with Crippen molar-refractivity contribution in [3.05, 3.63) is 52.8 Å². The Morgan fingerprint density at radius 1 is 1.15 bits per heavy atom. The van der Waals surface area contributed by atoms with E-state index in [0.29, 0.717) is 12.5 Å². The number of rotatable bonds is 4. The van der Waals surface area contributed by atoms with Gasteiger partial charge in [-0.05, 0) is 48.6 Å². The minimum absolute atomic E-state index is 0.442. The predicted octanol–water partition coefficient (Wildman–Crippen LogP) is 3.98. The number of nitrogen functional groups attached to an aromatic ring is 1. The van der Waals surface area contributed by atoms with Gasteiger partial charge >= 0.3 is 0 Å². The number of hydrogen-bond acceptors (Lipinski definition) is 3. The second-order valence-corrected chi connectivity index (χ2v) is 5.44. The fraction of sp³-hybridized carbons (Fsp3) is 0.353. The number of nitrogens with zero attached hydrogens (tertiary/aromatic N) is 1. The lowest BCUT2D eigenvalue weighted by Crippen LogP contribution is -2.05. The Balaban J connectivity index is 2.07. The molecule has 0 atom stereocenters. The van der Waals surface area contributed by atoms with Crippen molar-refractivity contribution >= 4 is 5.69 Å². The fourth-order valence-electron chi connectivity index (χ4n) is 2.04. The standard InChI is InChI=1S/C17H22N2O/c1-11(2)14-5-7-15(8-6-14)20-10-16-13(4)17(18)12(3)9-19-16/h5-9,11H,10H2,1-4H3,(H2,18,19). The third kappa shape index (κ3) is 3.10. The Morgan fingerprint density at radius 2 is 1.80 bits per heavy atom. The lowest BCUT2D eigenvalue weighted by molar-refractivity contribution is 0.300. The summed E-state index contributed by atoms with van der Waals surface area (Å²) in [5.41, 5.74) is 11.0. The summed E-state index contributed by atoms with van der Waals surface area (Å²) in [6, 6.07) is 8.21. The van der Waals surface area contributed by atoms with Crippen molar-refractivity contribution in [2.45, 2.75) is 40.2 Å². The van der Waals surface area contributed by atoms with Crippen LogP contribution in [0, 0.1) is 13.8 Å². The lowest BCUT2D eigenvalue weighted by Gasteiger charge is -2.12. The molecule has 1 aromatic heterocycles. The van der Waals surface area contributed by atoms with Gasteiger partial charge in [0.1, 0.15) is 12.4 Å². The summed E-state index contributed by atoms with van der Waals surface area (Å²) >= 11 is 0. The third-order valence-corrected chi connectivity index (χ3v) is 3.60. The second kappa shape index (κ2) is 5.95. The zero-order valence-electron chi connectivity index (χ0n) is 12.6. The highest BCUT2D eigenvalue weighted by atomic mass is 16.5. The quantitative estimate of drug-likeness (QED) is 0.914. The fourth-order valence-corrected chi connectivity index (χ4v) is 2.04. The van der Waals surface area contributed by atoms with Gasteiger partial charge in [0, 0.05) is 11.9 Å². The molecule has 3 nitrogen and oxygen atoms in total. The highest BCUT2D eigenvalue weighted by Gasteiger charge is 2.07. The largest absolute Gasteiger partial charge is 0.487 e. The Bertz CT molecular complexity index is 589. The topological polar surface area (TPSA) is 48.1 Å². The molecule has 106 valence electrons. The molecule has 0 aliphatic rings. The zero-order valence-corrected chi connectivity index (χ0v) is 12.6. The van der Waals surface area contributed by atoms with Gasteiger partial charge in [0.05, 0.1) is 5.69 Å². The predicted molar refractivity (Wildman–Crippen MR) is 83.0 cm³/mol. The molecule has 0 fully saturated rings. The zero-order chi connectivity index (χ0) is 14.7. The van der Waals surface area contributed by atoms with Crippen LogP contribution in [0.15, 0.2) is 30.5 Å². The summed E-state index contributed by atoms with van der Waals surface area (Å²) in [4.78, 5) is 4.39. The number of benzene rings is 1. The number of ether oxygens (including phenoxy) is 1. The van der Waals surface area contributed by atoms with Crippen molar-refractivity contribution in [3.63, 3.8) is 0 Å². The molecule has 0 amide bonds. The molecule has 0 saturated heterocycles.